The summed E-state index contributed by atoms with van der Waals surface area (Å²) < 4.78 is 1.22. The van der Waals surface area contributed by atoms with Gasteiger partial charge in [0.1, 0.15) is 0 Å². The highest BCUT2D eigenvalue weighted by Crippen LogP contribution is 2.65. The van der Waals surface area contributed by atoms with Gasteiger partial charge in [0.25, 0.3) is 0 Å². The smallest absolute Gasteiger partial charge is 0.0208 e. The molecule has 3 atom stereocenters. The first-order valence-electron chi connectivity index (χ1n) is 7.83. The normalized spacial score (nSPS) is 34.6. The second kappa shape index (κ2) is 4.84. The number of rotatable bonds is 3. The Morgan fingerprint density at radius 1 is 1.30 bits per heavy atom. The Labute approximate surface area is 131 Å². The summed E-state index contributed by atoms with van der Waals surface area (Å²) in [5, 5.41) is 3.85. The lowest BCUT2D eigenvalue weighted by Crippen LogP contribution is -2.44. The van der Waals surface area contributed by atoms with Crippen LogP contribution in [0.25, 0.3) is 0 Å². The van der Waals surface area contributed by atoms with Crippen LogP contribution in [0.1, 0.15) is 51.2 Å². The number of halogens is 1. The Bertz CT molecular complexity index is 522. The lowest BCUT2D eigenvalue weighted by Gasteiger charge is -2.39. The first-order chi connectivity index (χ1) is 9.34. The molecule has 0 amide bonds. The van der Waals surface area contributed by atoms with Crippen molar-refractivity contribution in [2.45, 2.75) is 59.5 Å². The van der Waals surface area contributed by atoms with Gasteiger partial charge in [-0.15, -0.1) is 0 Å². The van der Waals surface area contributed by atoms with Crippen LogP contribution in [-0.2, 0) is 6.54 Å². The molecule has 0 aromatic heterocycles. The maximum absolute atomic E-state index is 3.85. The fourth-order valence-electron chi connectivity index (χ4n) is 4.50. The van der Waals surface area contributed by atoms with Crippen molar-refractivity contribution < 1.29 is 0 Å². The molecule has 2 bridgehead atoms. The van der Waals surface area contributed by atoms with E-state index in [-0.39, 0.29) is 0 Å². The molecular formula is C18H26BrN. The van der Waals surface area contributed by atoms with E-state index < -0.39 is 0 Å². The van der Waals surface area contributed by atoms with Crippen LogP contribution in [0, 0.1) is 23.7 Å². The summed E-state index contributed by atoms with van der Waals surface area (Å²) >= 11 is 3.63. The summed E-state index contributed by atoms with van der Waals surface area (Å²) in [6.45, 7) is 10.6. The molecule has 2 saturated carbocycles. The Morgan fingerprint density at radius 2 is 2.05 bits per heavy atom. The molecular weight excluding hydrogens is 310 g/mol. The summed E-state index contributed by atoms with van der Waals surface area (Å²) in [5.74, 6) is 0.912. The number of fused-ring (bicyclic) bond motifs is 2. The third-order valence-electron chi connectivity index (χ3n) is 6.58. The van der Waals surface area contributed by atoms with Crippen LogP contribution >= 0.6 is 15.9 Å². The van der Waals surface area contributed by atoms with Crippen molar-refractivity contribution in [1.29, 1.82) is 0 Å². The molecule has 0 heterocycles. The monoisotopic (exact) mass is 335 g/mol. The van der Waals surface area contributed by atoms with Crippen molar-refractivity contribution in [1.82, 2.24) is 5.32 Å². The van der Waals surface area contributed by atoms with Crippen molar-refractivity contribution in [2.75, 3.05) is 0 Å². The molecule has 1 aromatic carbocycles. The second-order valence-corrected chi connectivity index (χ2v) is 8.48. The van der Waals surface area contributed by atoms with Crippen LogP contribution < -0.4 is 5.32 Å². The molecule has 1 aromatic rings. The van der Waals surface area contributed by atoms with Gasteiger partial charge in [0.2, 0.25) is 0 Å². The van der Waals surface area contributed by atoms with E-state index >= 15 is 0 Å². The van der Waals surface area contributed by atoms with Gasteiger partial charge in [-0.05, 0) is 60.1 Å². The van der Waals surface area contributed by atoms with Gasteiger partial charge in [-0.25, -0.2) is 0 Å². The highest BCUT2D eigenvalue weighted by molar-refractivity contribution is 9.10. The van der Waals surface area contributed by atoms with Gasteiger partial charge in [-0.2, -0.15) is 0 Å². The molecule has 3 rings (SSSR count). The first-order valence-corrected chi connectivity index (χ1v) is 8.62. The van der Waals surface area contributed by atoms with Crippen molar-refractivity contribution in [3.8, 4) is 0 Å². The van der Waals surface area contributed by atoms with Crippen molar-refractivity contribution in [3.63, 3.8) is 0 Å². The highest BCUT2D eigenvalue weighted by atomic mass is 79.9. The van der Waals surface area contributed by atoms with Crippen molar-refractivity contribution in [3.05, 3.63) is 33.8 Å². The third-order valence-corrected chi connectivity index (χ3v) is 7.44. The fraction of sp³-hybridized carbons (Fsp3) is 0.667. The van der Waals surface area contributed by atoms with E-state index in [9.17, 15) is 0 Å². The largest absolute Gasteiger partial charge is 0.309 e. The SMILES string of the molecule is Cc1ccc(CNC2CC3CCC2(C)C3(C)C)cc1Br. The summed E-state index contributed by atoms with van der Waals surface area (Å²) in [6, 6.07) is 7.38. The lowest BCUT2D eigenvalue weighted by molar-refractivity contribution is 0.120. The van der Waals surface area contributed by atoms with Gasteiger partial charge in [-0.1, -0.05) is 48.8 Å². The predicted molar refractivity (Wildman–Crippen MR) is 88.7 cm³/mol. The predicted octanol–water partition coefficient (Wildman–Crippen LogP) is 5.06. The van der Waals surface area contributed by atoms with E-state index in [0.717, 1.165) is 12.5 Å². The molecule has 0 aliphatic heterocycles. The molecule has 2 aliphatic rings. The van der Waals surface area contributed by atoms with Crippen molar-refractivity contribution >= 4 is 15.9 Å². The minimum Gasteiger partial charge on any atom is -0.309 e. The Morgan fingerprint density at radius 3 is 2.60 bits per heavy atom. The molecule has 2 heteroatoms. The second-order valence-electron chi connectivity index (χ2n) is 7.63. The third kappa shape index (κ3) is 2.07. The first kappa shape index (κ1) is 14.6. The van der Waals surface area contributed by atoms with E-state index in [1.54, 1.807) is 0 Å². The van der Waals surface area contributed by atoms with Crippen LogP contribution in [0.3, 0.4) is 0 Å². The maximum atomic E-state index is 3.85. The number of aryl methyl sites for hydroxylation is 1. The van der Waals surface area contributed by atoms with Gasteiger partial charge in [0.15, 0.2) is 0 Å². The average molecular weight is 336 g/mol. The number of hydrogen-bond donors (Lipinski definition) is 1. The summed E-state index contributed by atoms with van der Waals surface area (Å²) in [7, 11) is 0. The maximum Gasteiger partial charge on any atom is 0.0208 e. The quantitative estimate of drug-likeness (QED) is 0.813. The molecule has 0 radical (unpaired) electrons. The van der Waals surface area contributed by atoms with Crippen LogP contribution in [0.2, 0.25) is 0 Å². The zero-order valence-corrected chi connectivity index (χ0v) is 14.7. The molecule has 2 aliphatic carbocycles. The zero-order valence-electron chi connectivity index (χ0n) is 13.1. The molecule has 2 fully saturated rings. The minimum absolute atomic E-state index is 0.472. The Balaban J connectivity index is 1.69. The van der Waals surface area contributed by atoms with Crippen LogP contribution in [-0.4, -0.2) is 6.04 Å². The molecule has 3 unspecified atom stereocenters. The van der Waals surface area contributed by atoms with Gasteiger partial charge < -0.3 is 5.32 Å². The topological polar surface area (TPSA) is 12.0 Å². The van der Waals surface area contributed by atoms with Gasteiger partial charge in [-0.3, -0.25) is 0 Å². The molecule has 0 spiro atoms. The average Bonchev–Trinajstić information content (AvgIpc) is 2.73. The fourth-order valence-corrected chi connectivity index (χ4v) is 4.93. The van der Waals surface area contributed by atoms with E-state index in [1.807, 2.05) is 0 Å². The van der Waals surface area contributed by atoms with Crippen LogP contribution in [0.15, 0.2) is 22.7 Å². The van der Waals surface area contributed by atoms with E-state index in [4.69, 9.17) is 0 Å². The zero-order chi connectivity index (χ0) is 14.5. The summed E-state index contributed by atoms with van der Waals surface area (Å²) in [4.78, 5) is 0. The van der Waals surface area contributed by atoms with Gasteiger partial charge in [0, 0.05) is 17.1 Å². The molecule has 0 saturated heterocycles. The van der Waals surface area contributed by atoms with Crippen molar-refractivity contribution in [2.24, 2.45) is 16.7 Å². The summed E-state index contributed by atoms with van der Waals surface area (Å²) in [5.41, 5.74) is 3.66. The molecule has 1 N–H and O–H groups in total. The van der Waals surface area contributed by atoms with Gasteiger partial charge in [0.05, 0.1) is 0 Å². The Hall–Kier alpha value is -0.340. The number of nitrogens with one attached hydrogen (secondary N) is 1. The number of benzene rings is 1. The number of hydrogen-bond acceptors (Lipinski definition) is 1. The highest BCUT2D eigenvalue weighted by Gasteiger charge is 2.60. The lowest BCUT2D eigenvalue weighted by atomic mass is 9.69. The minimum atomic E-state index is 0.472. The van der Waals surface area contributed by atoms with E-state index in [2.05, 4.69) is 67.1 Å². The van der Waals surface area contributed by atoms with Gasteiger partial charge >= 0.3 is 0 Å². The van der Waals surface area contributed by atoms with E-state index in [1.165, 1.54) is 34.9 Å². The molecule has 20 heavy (non-hydrogen) atoms. The van der Waals surface area contributed by atoms with Crippen LogP contribution in [0.5, 0.6) is 0 Å². The summed E-state index contributed by atoms with van der Waals surface area (Å²) in [6.07, 6.45) is 4.17. The molecule has 110 valence electrons. The van der Waals surface area contributed by atoms with E-state index in [0.29, 0.717) is 16.9 Å². The Kier molecular flexibility index (Phi) is 3.53. The van der Waals surface area contributed by atoms with Crippen LogP contribution in [0.4, 0.5) is 0 Å². The molecule has 1 nitrogen and oxygen atoms in total. The standard InChI is InChI=1S/C18H26BrN/c1-12-5-6-13(9-15(12)19)11-20-16-10-14-7-8-18(16,4)17(14,2)3/h5-6,9,14,16,20H,7-8,10-11H2,1-4H3.